The molecule has 0 fully saturated rings. The van der Waals surface area contributed by atoms with Gasteiger partial charge in [-0.25, -0.2) is 4.98 Å². The summed E-state index contributed by atoms with van der Waals surface area (Å²) in [4.78, 5) is 27.1. The van der Waals surface area contributed by atoms with Crippen molar-refractivity contribution in [1.82, 2.24) is 20.1 Å². The van der Waals surface area contributed by atoms with Gasteiger partial charge in [-0.3, -0.25) is 14.7 Å². The zero-order valence-corrected chi connectivity index (χ0v) is 8.52. The van der Waals surface area contributed by atoms with E-state index in [4.69, 9.17) is 5.11 Å². The van der Waals surface area contributed by atoms with Crippen molar-refractivity contribution in [2.75, 3.05) is 13.1 Å². The molecule has 0 radical (unpaired) electrons. The molecule has 7 nitrogen and oxygen atoms in total. The predicted octanol–water partition coefficient (Wildman–Crippen LogP) is -0.340. The molecule has 1 amide bonds. The SMILES string of the molecule is CCN(CC(=O)O)C(=O)c1n[nH]c(C)n1. The molecule has 0 aliphatic heterocycles. The molecule has 0 spiro atoms. The van der Waals surface area contributed by atoms with Crippen LogP contribution >= 0.6 is 0 Å². The van der Waals surface area contributed by atoms with E-state index in [2.05, 4.69) is 15.2 Å². The Bertz CT molecular complexity index is 374. The number of amides is 1. The van der Waals surface area contributed by atoms with Crippen molar-refractivity contribution in [3.8, 4) is 0 Å². The number of carbonyl (C=O) groups excluding carboxylic acids is 1. The van der Waals surface area contributed by atoms with Gasteiger partial charge in [0.25, 0.3) is 5.91 Å². The summed E-state index contributed by atoms with van der Waals surface area (Å²) in [5.41, 5.74) is 0. The first-order valence-corrected chi connectivity index (χ1v) is 4.44. The molecular formula is C8H12N4O3. The number of carboxylic acids is 1. The van der Waals surface area contributed by atoms with Gasteiger partial charge in [0.15, 0.2) is 0 Å². The molecule has 1 aromatic heterocycles. The Hall–Kier alpha value is -1.92. The number of aliphatic carboxylic acids is 1. The number of carbonyl (C=O) groups is 2. The molecule has 0 saturated heterocycles. The van der Waals surface area contributed by atoms with Crippen LogP contribution < -0.4 is 0 Å². The third-order valence-corrected chi connectivity index (χ3v) is 1.78. The quantitative estimate of drug-likeness (QED) is 0.711. The highest BCUT2D eigenvalue weighted by molar-refractivity contribution is 5.92. The van der Waals surface area contributed by atoms with Gasteiger partial charge in [0, 0.05) is 6.54 Å². The van der Waals surface area contributed by atoms with Crippen molar-refractivity contribution in [2.45, 2.75) is 13.8 Å². The second kappa shape index (κ2) is 4.54. The van der Waals surface area contributed by atoms with E-state index in [1.165, 1.54) is 0 Å². The summed E-state index contributed by atoms with van der Waals surface area (Å²) in [5, 5.41) is 14.8. The van der Waals surface area contributed by atoms with Crippen LogP contribution in [0.2, 0.25) is 0 Å². The van der Waals surface area contributed by atoms with Crippen LogP contribution in [-0.4, -0.2) is 50.2 Å². The van der Waals surface area contributed by atoms with Crippen LogP contribution in [0.15, 0.2) is 0 Å². The number of rotatable bonds is 4. The Morgan fingerprint density at radius 2 is 2.20 bits per heavy atom. The van der Waals surface area contributed by atoms with Gasteiger partial charge in [-0.05, 0) is 13.8 Å². The summed E-state index contributed by atoms with van der Waals surface area (Å²) in [5.74, 6) is -1.03. The Balaban J connectivity index is 2.77. The lowest BCUT2D eigenvalue weighted by Gasteiger charge is -2.15. The second-order valence-electron chi connectivity index (χ2n) is 2.96. The van der Waals surface area contributed by atoms with E-state index < -0.39 is 11.9 Å². The highest BCUT2D eigenvalue weighted by Crippen LogP contribution is 1.99. The maximum absolute atomic E-state index is 11.6. The van der Waals surface area contributed by atoms with Crippen LogP contribution in [0.3, 0.4) is 0 Å². The Morgan fingerprint density at radius 3 is 2.60 bits per heavy atom. The summed E-state index contributed by atoms with van der Waals surface area (Å²) >= 11 is 0. The number of aromatic amines is 1. The molecule has 0 aliphatic rings. The number of likely N-dealkylation sites (N-methyl/N-ethyl adjacent to an activating group) is 1. The molecule has 2 N–H and O–H groups in total. The van der Waals surface area contributed by atoms with Crippen LogP contribution in [0, 0.1) is 6.92 Å². The molecular weight excluding hydrogens is 200 g/mol. The lowest BCUT2D eigenvalue weighted by Crippen LogP contribution is -2.36. The van der Waals surface area contributed by atoms with Crippen molar-refractivity contribution in [3.05, 3.63) is 11.6 Å². The molecule has 0 aliphatic carbocycles. The minimum absolute atomic E-state index is 0.00407. The Labute approximate surface area is 86.1 Å². The maximum atomic E-state index is 11.6. The van der Waals surface area contributed by atoms with Gasteiger partial charge in [-0.15, -0.1) is 5.10 Å². The molecule has 0 atom stereocenters. The lowest BCUT2D eigenvalue weighted by molar-refractivity contribution is -0.137. The van der Waals surface area contributed by atoms with E-state index >= 15 is 0 Å². The molecule has 7 heteroatoms. The zero-order chi connectivity index (χ0) is 11.4. The number of H-pyrrole nitrogens is 1. The molecule has 0 unspecified atom stereocenters. The number of nitrogens with one attached hydrogen (secondary N) is 1. The first kappa shape index (κ1) is 11.2. The highest BCUT2D eigenvalue weighted by Gasteiger charge is 2.20. The zero-order valence-electron chi connectivity index (χ0n) is 8.52. The van der Waals surface area contributed by atoms with Crippen molar-refractivity contribution in [3.63, 3.8) is 0 Å². The van der Waals surface area contributed by atoms with Gasteiger partial charge in [0.2, 0.25) is 5.82 Å². The molecule has 1 heterocycles. The largest absolute Gasteiger partial charge is 0.480 e. The third-order valence-electron chi connectivity index (χ3n) is 1.78. The number of carboxylic acid groups (broad SMARTS) is 1. The fraction of sp³-hybridized carbons (Fsp3) is 0.500. The molecule has 0 aromatic carbocycles. The van der Waals surface area contributed by atoms with E-state index in [1.54, 1.807) is 13.8 Å². The number of aryl methyl sites for hydroxylation is 1. The normalized spacial score (nSPS) is 10.0. The lowest BCUT2D eigenvalue weighted by atomic mass is 10.4. The van der Waals surface area contributed by atoms with Crippen LogP contribution in [0.4, 0.5) is 0 Å². The molecule has 0 bridgehead atoms. The summed E-state index contributed by atoms with van der Waals surface area (Å²) in [6, 6.07) is 0. The van der Waals surface area contributed by atoms with Gasteiger partial charge < -0.3 is 10.0 Å². The van der Waals surface area contributed by atoms with Gasteiger partial charge in [0.1, 0.15) is 12.4 Å². The van der Waals surface area contributed by atoms with Crippen molar-refractivity contribution < 1.29 is 14.7 Å². The first-order valence-electron chi connectivity index (χ1n) is 4.44. The topological polar surface area (TPSA) is 99.2 Å². The van der Waals surface area contributed by atoms with Crippen LogP contribution in [0.5, 0.6) is 0 Å². The summed E-state index contributed by atoms with van der Waals surface area (Å²) < 4.78 is 0. The standard InChI is InChI=1S/C8H12N4O3/c1-3-12(4-6(13)14)8(15)7-9-5(2)10-11-7/h3-4H2,1-2H3,(H,13,14)(H,9,10,11). The van der Waals surface area contributed by atoms with Crippen LogP contribution in [-0.2, 0) is 4.79 Å². The fourth-order valence-corrected chi connectivity index (χ4v) is 1.07. The van der Waals surface area contributed by atoms with Gasteiger partial charge in [-0.1, -0.05) is 0 Å². The molecule has 15 heavy (non-hydrogen) atoms. The van der Waals surface area contributed by atoms with E-state index in [-0.39, 0.29) is 12.4 Å². The minimum Gasteiger partial charge on any atom is -0.480 e. The molecule has 0 saturated carbocycles. The monoisotopic (exact) mass is 212 g/mol. The fourth-order valence-electron chi connectivity index (χ4n) is 1.07. The molecule has 1 aromatic rings. The Morgan fingerprint density at radius 1 is 1.53 bits per heavy atom. The van der Waals surface area contributed by atoms with Crippen LogP contribution in [0.1, 0.15) is 23.4 Å². The Kier molecular flexibility index (Phi) is 3.37. The maximum Gasteiger partial charge on any atom is 0.323 e. The minimum atomic E-state index is -1.06. The van der Waals surface area contributed by atoms with E-state index in [0.29, 0.717) is 12.4 Å². The number of hydrogen-bond acceptors (Lipinski definition) is 4. The average Bonchev–Trinajstić information content (AvgIpc) is 2.60. The smallest absolute Gasteiger partial charge is 0.323 e. The number of nitrogens with zero attached hydrogens (tertiary/aromatic N) is 3. The second-order valence-corrected chi connectivity index (χ2v) is 2.96. The van der Waals surface area contributed by atoms with Crippen molar-refractivity contribution in [1.29, 1.82) is 0 Å². The first-order chi connectivity index (χ1) is 7.04. The van der Waals surface area contributed by atoms with E-state index in [9.17, 15) is 9.59 Å². The third kappa shape index (κ3) is 2.76. The summed E-state index contributed by atoms with van der Waals surface area (Å²) in [6.07, 6.45) is 0. The summed E-state index contributed by atoms with van der Waals surface area (Å²) in [6.45, 7) is 3.32. The van der Waals surface area contributed by atoms with E-state index in [0.717, 1.165) is 4.90 Å². The van der Waals surface area contributed by atoms with Gasteiger partial charge in [-0.2, -0.15) is 0 Å². The van der Waals surface area contributed by atoms with Gasteiger partial charge >= 0.3 is 5.97 Å². The predicted molar refractivity (Wildman–Crippen MR) is 50.3 cm³/mol. The van der Waals surface area contributed by atoms with Crippen molar-refractivity contribution in [2.24, 2.45) is 0 Å². The molecule has 1 rings (SSSR count). The molecule has 82 valence electrons. The van der Waals surface area contributed by atoms with Crippen molar-refractivity contribution >= 4 is 11.9 Å². The number of hydrogen-bond donors (Lipinski definition) is 2. The van der Waals surface area contributed by atoms with Gasteiger partial charge in [0.05, 0.1) is 0 Å². The number of aromatic nitrogens is 3. The van der Waals surface area contributed by atoms with Crippen LogP contribution in [0.25, 0.3) is 0 Å². The summed E-state index contributed by atoms with van der Waals surface area (Å²) in [7, 11) is 0. The van der Waals surface area contributed by atoms with E-state index in [1.807, 2.05) is 0 Å². The highest BCUT2D eigenvalue weighted by atomic mass is 16.4. The average molecular weight is 212 g/mol.